The Morgan fingerprint density at radius 3 is 2.36 bits per heavy atom. The van der Waals surface area contributed by atoms with Crippen LogP contribution in [0.2, 0.25) is 0 Å². The normalized spacial score (nSPS) is 22.2. The summed E-state index contributed by atoms with van der Waals surface area (Å²) in [6, 6.07) is 0. The van der Waals surface area contributed by atoms with E-state index in [2.05, 4.69) is 53.4 Å². The average Bonchev–Trinajstić information content (AvgIpc) is 3.87. The van der Waals surface area contributed by atoms with Crippen LogP contribution >= 0.6 is 0 Å². The van der Waals surface area contributed by atoms with Gasteiger partial charge in [-0.05, 0) is 76.5 Å². The van der Waals surface area contributed by atoms with Crippen LogP contribution in [0.4, 0.5) is 0 Å². The van der Waals surface area contributed by atoms with Crippen molar-refractivity contribution < 1.29 is 23.9 Å². The first-order valence-electron chi connectivity index (χ1n) is 19.3. The van der Waals surface area contributed by atoms with Gasteiger partial charge in [-0.1, -0.05) is 92.8 Å². The van der Waals surface area contributed by atoms with Gasteiger partial charge in [-0.15, -0.1) is 33.5 Å². The van der Waals surface area contributed by atoms with E-state index < -0.39 is 11.9 Å². The van der Waals surface area contributed by atoms with E-state index in [0.29, 0.717) is 46.1 Å². The first kappa shape index (κ1) is 41.9. The molecule has 3 atom stereocenters. The molecule has 0 amide bonds. The summed E-state index contributed by atoms with van der Waals surface area (Å²) in [7, 11) is 1.30. The van der Waals surface area contributed by atoms with Crippen LogP contribution in [-0.2, 0) is 25.5 Å². The minimum Gasteiger partial charge on any atom is -0.657 e. The molecule has 1 N–H and O–H groups in total. The summed E-state index contributed by atoms with van der Waals surface area (Å²) in [5.74, 6) is -2.18. The van der Waals surface area contributed by atoms with Crippen molar-refractivity contribution in [3.05, 3.63) is 96.5 Å². The molecule has 8 bridgehead atoms. The Balaban J connectivity index is 0.00000580. The van der Waals surface area contributed by atoms with Gasteiger partial charge in [-0.2, -0.15) is 0 Å². The van der Waals surface area contributed by atoms with E-state index in [1.807, 2.05) is 44.2 Å². The number of esters is 2. The molecule has 0 aromatic carbocycles. The number of fused-ring (bicyclic) bond motifs is 7. The van der Waals surface area contributed by atoms with Crippen LogP contribution in [0.3, 0.4) is 0 Å². The van der Waals surface area contributed by atoms with Gasteiger partial charge in [0.25, 0.3) is 0 Å². The molecule has 55 heavy (non-hydrogen) atoms. The van der Waals surface area contributed by atoms with Crippen molar-refractivity contribution in [1.82, 2.24) is 20.3 Å². The third kappa shape index (κ3) is 8.03. The minimum absolute atomic E-state index is 0. The van der Waals surface area contributed by atoms with E-state index in [1.54, 1.807) is 0 Å². The zero-order chi connectivity index (χ0) is 39.0. The SMILES string of the molecule is C=Cc1c2[n-]c(c1C)/C=C1\N/C(=C3\c4[n-]c(c(C)c4C(=O)[C@@H]3C(=O)OC)/C=c3\[n-]/c(c(C)c3CC)=C\2)[C@@H](CCC(=O)OC/C=C(\C)CCCC(C)C)[C@@H]1C.[Mg+2]. The summed E-state index contributed by atoms with van der Waals surface area (Å²) >= 11 is 0. The number of aromatic nitrogens is 3. The molecular formula is C45H53MgN4O5-. The zero-order valence-corrected chi connectivity index (χ0v) is 35.4. The van der Waals surface area contributed by atoms with Gasteiger partial charge < -0.3 is 29.7 Å². The molecule has 10 heteroatoms. The second-order valence-corrected chi connectivity index (χ2v) is 15.4. The Bertz CT molecular complexity index is 2240. The fourth-order valence-electron chi connectivity index (χ4n) is 8.26. The molecule has 0 radical (unpaired) electrons. The number of methoxy groups -OCH3 is 1. The monoisotopic (exact) mass is 753 g/mol. The van der Waals surface area contributed by atoms with Crippen molar-refractivity contribution >= 4 is 70.7 Å². The maximum absolute atomic E-state index is 14.3. The van der Waals surface area contributed by atoms with Crippen LogP contribution < -0.4 is 31.0 Å². The number of hydrogen-bond donors (Lipinski definition) is 1. The summed E-state index contributed by atoms with van der Waals surface area (Å²) in [6.07, 6.45) is 14.4. The Morgan fingerprint density at radius 1 is 0.982 bits per heavy atom. The van der Waals surface area contributed by atoms with E-state index in [1.165, 1.54) is 12.7 Å². The third-order valence-corrected chi connectivity index (χ3v) is 11.5. The van der Waals surface area contributed by atoms with Gasteiger partial charge in [-0.25, -0.2) is 0 Å². The smallest absolute Gasteiger partial charge is 0.657 e. The quantitative estimate of drug-likeness (QED) is 0.103. The summed E-state index contributed by atoms with van der Waals surface area (Å²) in [5.41, 5.74) is 11.1. The largest absolute Gasteiger partial charge is 2.00 e. The topological polar surface area (TPSA) is 124 Å². The Kier molecular flexibility index (Phi) is 13.1. The summed E-state index contributed by atoms with van der Waals surface area (Å²) < 4.78 is 10.9. The Hall–Kier alpha value is -4.28. The van der Waals surface area contributed by atoms with Crippen molar-refractivity contribution in [3.63, 3.8) is 0 Å². The van der Waals surface area contributed by atoms with Crippen LogP contribution in [0.1, 0.15) is 128 Å². The second kappa shape index (κ2) is 17.2. The van der Waals surface area contributed by atoms with Gasteiger partial charge in [0.15, 0.2) is 5.78 Å². The van der Waals surface area contributed by atoms with E-state index in [0.717, 1.165) is 75.7 Å². The van der Waals surface area contributed by atoms with Gasteiger partial charge in [0.05, 0.1) is 7.11 Å². The van der Waals surface area contributed by atoms with E-state index in [4.69, 9.17) is 24.4 Å². The number of ketones is 1. The second-order valence-electron chi connectivity index (χ2n) is 15.4. The fraction of sp³-hybridized carbons (Fsp3) is 0.444. The Morgan fingerprint density at radius 2 is 1.69 bits per heavy atom. The molecule has 286 valence electrons. The molecule has 6 rings (SSSR count). The number of carbonyl (C=O) groups is 3. The van der Waals surface area contributed by atoms with E-state index >= 15 is 0 Å². The molecule has 1 saturated heterocycles. The number of Topliss-reactive ketones (excluding diaryl/α,β-unsaturated/α-hetero) is 1. The number of ether oxygens (including phenoxy) is 2. The van der Waals surface area contributed by atoms with Gasteiger partial charge in [0, 0.05) is 35.2 Å². The van der Waals surface area contributed by atoms with Crippen LogP contribution in [0.15, 0.2) is 29.6 Å². The molecular weight excluding hydrogens is 701 g/mol. The van der Waals surface area contributed by atoms with Crippen molar-refractivity contribution in [3.8, 4) is 0 Å². The van der Waals surface area contributed by atoms with Crippen molar-refractivity contribution in [2.45, 2.75) is 93.9 Å². The molecule has 5 heterocycles. The molecule has 9 nitrogen and oxygen atoms in total. The molecule has 0 saturated carbocycles. The third-order valence-electron chi connectivity index (χ3n) is 11.5. The maximum Gasteiger partial charge on any atom is 2.00 e. The van der Waals surface area contributed by atoms with Crippen molar-refractivity contribution in [2.75, 3.05) is 13.7 Å². The van der Waals surface area contributed by atoms with Crippen LogP contribution in [0.25, 0.3) is 29.9 Å². The van der Waals surface area contributed by atoms with Crippen LogP contribution in [0.5, 0.6) is 0 Å². The van der Waals surface area contributed by atoms with Gasteiger partial charge in [0.1, 0.15) is 12.5 Å². The van der Waals surface area contributed by atoms with Gasteiger partial charge in [0.2, 0.25) is 0 Å². The Labute approximate surface area is 341 Å². The van der Waals surface area contributed by atoms with Crippen LogP contribution in [0, 0.1) is 44.4 Å². The van der Waals surface area contributed by atoms with E-state index in [9.17, 15) is 14.4 Å². The number of allylic oxidation sites excluding steroid dienone is 3. The predicted octanol–water partition coefficient (Wildman–Crippen LogP) is 5.97. The minimum atomic E-state index is -1.18. The molecule has 3 aliphatic rings. The first-order chi connectivity index (χ1) is 25.8. The van der Waals surface area contributed by atoms with E-state index in [-0.39, 0.29) is 59.7 Å². The molecule has 1 fully saturated rings. The maximum atomic E-state index is 14.3. The molecule has 2 aliphatic heterocycles. The number of carbonyl (C=O) groups excluding carboxylic acids is 3. The molecule has 0 spiro atoms. The standard InChI is InChI=1S/C45H54N4O5.Mg/c1-11-29-25(6)32-20-34-27(8)31(16-17-38(50)54-19-18-24(5)15-13-14-23(3)4)42(48-34)40-41(45(52)53-10)44(51)39-28(9)35(49-43(39)40)22-37-30(12-2)26(7)33(47-37)21-36(29)46-32;/h11,18,20-23,27,31,41H,1,12-17,19H2,2-10H3,(H2,48,49,51);/q-2;+2/p-1/b24-18+,33-21-,34-20-,37-22-;/t27-,31-,41+;/m0./s1. The molecule has 0 unspecified atom stereocenters. The van der Waals surface area contributed by atoms with Crippen LogP contribution in [-0.4, -0.2) is 54.5 Å². The number of rotatable bonds is 12. The zero-order valence-electron chi connectivity index (χ0n) is 33.9. The fourth-order valence-corrected chi connectivity index (χ4v) is 8.26. The predicted molar refractivity (Wildman–Crippen MR) is 218 cm³/mol. The number of nitrogens with zero attached hydrogens (tertiary/aromatic N) is 3. The summed E-state index contributed by atoms with van der Waals surface area (Å²) in [5, 5.41) is 5.24. The number of hydrogen-bond acceptors (Lipinski definition) is 6. The summed E-state index contributed by atoms with van der Waals surface area (Å²) in [6.45, 7) is 21.0. The van der Waals surface area contributed by atoms with Gasteiger partial charge >= 0.3 is 35.0 Å². The molecule has 3 aromatic rings. The van der Waals surface area contributed by atoms with Gasteiger partial charge in [-0.3, -0.25) is 14.4 Å². The first-order valence-corrected chi connectivity index (χ1v) is 19.3. The average molecular weight is 754 g/mol. The summed E-state index contributed by atoms with van der Waals surface area (Å²) in [4.78, 5) is 56.1. The molecule has 3 aromatic heterocycles. The number of nitrogens with one attached hydrogen (secondary N) is 1. The molecule has 1 aliphatic carbocycles. The van der Waals surface area contributed by atoms with Crippen molar-refractivity contribution in [2.24, 2.45) is 23.7 Å². The van der Waals surface area contributed by atoms with Crippen molar-refractivity contribution in [1.29, 1.82) is 0 Å².